The fraction of sp³-hybridized carbons (Fsp3) is 0.533. The van der Waals surface area contributed by atoms with Crippen molar-refractivity contribution in [3.05, 3.63) is 35.9 Å². The highest BCUT2D eigenvalue weighted by Crippen LogP contribution is 2.24. The largest absolute Gasteiger partial charge is 0.444 e. The van der Waals surface area contributed by atoms with Crippen molar-refractivity contribution in [1.29, 1.82) is 0 Å². The molecule has 0 radical (unpaired) electrons. The molecule has 1 N–H and O–H groups in total. The van der Waals surface area contributed by atoms with Gasteiger partial charge in [-0.1, -0.05) is 30.3 Å². The highest BCUT2D eigenvalue weighted by atomic mass is 16.6. The summed E-state index contributed by atoms with van der Waals surface area (Å²) in [4.78, 5) is 13.7. The zero-order valence-electron chi connectivity index (χ0n) is 11.0. The van der Waals surface area contributed by atoms with E-state index >= 15 is 0 Å². The van der Waals surface area contributed by atoms with Gasteiger partial charge in [0.2, 0.25) is 0 Å². The molecule has 102 valence electrons. The van der Waals surface area contributed by atoms with Crippen LogP contribution in [0.3, 0.4) is 0 Å². The molecule has 4 nitrogen and oxygen atoms in total. The molecule has 2 aliphatic heterocycles. The van der Waals surface area contributed by atoms with Crippen LogP contribution >= 0.6 is 0 Å². The van der Waals surface area contributed by atoms with Crippen LogP contribution in [0, 0.1) is 5.92 Å². The van der Waals surface area contributed by atoms with E-state index in [4.69, 9.17) is 4.74 Å². The molecule has 0 saturated carbocycles. The summed E-state index contributed by atoms with van der Waals surface area (Å²) < 4.78 is 5.53. The molecule has 1 aromatic carbocycles. The van der Waals surface area contributed by atoms with Crippen LogP contribution in [0.15, 0.2) is 30.3 Å². The molecule has 19 heavy (non-hydrogen) atoms. The van der Waals surface area contributed by atoms with Gasteiger partial charge in [0.1, 0.15) is 6.10 Å². The van der Waals surface area contributed by atoms with Gasteiger partial charge in [-0.3, -0.25) is 0 Å². The Kier molecular flexibility index (Phi) is 3.69. The molecule has 2 fully saturated rings. The number of benzene rings is 1. The third-order valence-electron chi connectivity index (χ3n) is 3.99. The van der Waals surface area contributed by atoms with Gasteiger partial charge < -0.3 is 15.0 Å². The van der Waals surface area contributed by atoms with Gasteiger partial charge in [-0.2, -0.15) is 0 Å². The van der Waals surface area contributed by atoms with Crippen molar-refractivity contribution in [2.75, 3.05) is 19.6 Å². The lowest BCUT2D eigenvalue weighted by Gasteiger charge is -2.26. The van der Waals surface area contributed by atoms with E-state index in [0.717, 1.165) is 31.6 Å². The summed E-state index contributed by atoms with van der Waals surface area (Å²) in [5, 5.41) is 3.38. The Hall–Kier alpha value is -1.55. The SMILES string of the molecule is O=C1OC(C2CCCNC2)CN1Cc1ccccc1. The van der Waals surface area contributed by atoms with Gasteiger partial charge in [-0.25, -0.2) is 4.79 Å². The lowest BCUT2D eigenvalue weighted by Crippen LogP contribution is -2.38. The van der Waals surface area contributed by atoms with E-state index < -0.39 is 0 Å². The Labute approximate surface area is 113 Å². The smallest absolute Gasteiger partial charge is 0.410 e. The summed E-state index contributed by atoms with van der Waals surface area (Å²) in [7, 11) is 0. The van der Waals surface area contributed by atoms with Gasteiger partial charge in [0.25, 0.3) is 0 Å². The normalized spacial score (nSPS) is 27.4. The van der Waals surface area contributed by atoms with Crippen LogP contribution in [0.1, 0.15) is 18.4 Å². The first-order valence-electron chi connectivity index (χ1n) is 7.03. The monoisotopic (exact) mass is 260 g/mol. The van der Waals surface area contributed by atoms with Crippen molar-refractivity contribution in [2.24, 2.45) is 5.92 Å². The summed E-state index contributed by atoms with van der Waals surface area (Å²) >= 11 is 0. The van der Waals surface area contributed by atoms with Crippen LogP contribution in [0.4, 0.5) is 4.79 Å². The molecule has 1 amide bonds. The van der Waals surface area contributed by atoms with Crippen molar-refractivity contribution in [2.45, 2.75) is 25.5 Å². The minimum Gasteiger partial charge on any atom is -0.444 e. The van der Waals surface area contributed by atoms with Gasteiger partial charge in [-0.15, -0.1) is 0 Å². The zero-order chi connectivity index (χ0) is 13.1. The van der Waals surface area contributed by atoms with Crippen LogP contribution in [0.2, 0.25) is 0 Å². The molecule has 2 atom stereocenters. The first-order valence-corrected chi connectivity index (χ1v) is 7.03. The summed E-state index contributed by atoms with van der Waals surface area (Å²) in [5.41, 5.74) is 1.15. The Morgan fingerprint density at radius 2 is 2.16 bits per heavy atom. The van der Waals surface area contributed by atoms with Crippen molar-refractivity contribution >= 4 is 6.09 Å². The maximum absolute atomic E-state index is 11.9. The topological polar surface area (TPSA) is 41.6 Å². The highest BCUT2D eigenvalue weighted by molar-refractivity contribution is 5.70. The van der Waals surface area contributed by atoms with Crippen molar-refractivity contribution < 1.29 is 9.53 Å². The number of piperidine rings is 1. The van der Waals surface area contributed by atoms with Crippen molar-refractivity contribution in [3.8, 4) is 0 Å². The molecule has 0 bridgehead atoms. The number of ether oxygens (including phenoxy) is 1. The molecular formula is C15H20N2O2. The predicted molar refractivity (Wildman–Crippen MR) is 72.7 cm³/mol. The van der Waals surface area contributed by atoms with E-state index in [0.29, 0.717) is 12.5 Å². The molecule has 3 rings (SSSR count). The quantitative estimate of drug-likeness (QED) is 0.904. The minimum absolute atomic E-state index is 0.0593. The van der Waals surface area contributed by atoms with E-state index in [1.807, 2.05) is 35.2 Å². The van der Waals surface area contributed by atoms with E-state index in [1.165, 1.54) is 6.42 Å². The van der Waals surface area contributed by atoms with Gasteiger partial charge in [0.05, 0.1) is 6.54 Å². The molecule has 1 aromatic rings. The molecule has 4 heteroatoms. The van der Waals surface area contributed by atoms with Crippen LogP contribution in [0.25, 0.3) is 0 Å². The zero-order valence-corrected chi connectivity index (χ0v) is 11.0. The summed E-state index contributed by atoms with van der Waals surface area (Å²) in [5.74, 6) is 0.471. The number of amides is 1. The predicted octanol–water partition coefficient (Wildman–Crippen LogP) is 2.01. The van der Waals surface area contributed by atoms with E-state index in [2.05, 4.69) is 5.32 Å². The van der Waals surface area contributed by atoms with E-state index in [-0.39, 0.29) is 12.2 Å². The molecule has 2 unspecified atom stereocenters. The van der Waals surface area contributed by atoms with Gasteiger partial charge in [0.15, 0.2) is 0 Å². The molecule has 2 saturated heterocycles. The Bertz CT molecular complexity index is 429. The van der Waals surface area contributed by atoms with Crippen LogP contribution in [-0.4, -0.2) is 36.7 Å². The third kappa shape index (κ3) is 2.89. The molecular weight excluding hydrogens is 240 g/mol. The standard InChI is InChI=1S/C15H20N2O2/c18-15-17(10-12-5-2-1-3-6-12)11-14(19-15)13-7-4-8-16-9-13/h1-3,5-6,13-14,16H,4,7-11H2. The van der Waals surface area contributed by atoms with Crippen LogP contribution in [-0.2, 0) is 11.3 Å². The Morgan fingerprint density at radius 1 is 1.32 bits per heavy atom. The third-order valence-corrected chi connectivity index (χ3v) is 3.99. The molecule has 2 aliphatic rings. The van der Waals surface area contributed by atoms with Crippen LogP contribution in [0.5, 0.6) is 0 Å². The number of hydrogen-bond donors (Lipinski definition) is 1. The van der Waals surface area contributed by atoms with Gasteiger partial charge in [-0.05, 0) is 24.9 Å². The lowest BCUT2D eigenvalue weighted by molar-refractivity contribution is 0.0926. The maximum atomic E-state index is 11.9. The second-order valence-electron chi connectivity index (χ2n) is 5.39. The summed E-state index contributed by atoms with van der Waals surface area (Å²) in [6.07, 6.45) is 2.23. The average molecular weight is 260 g/mol. The fourth-order valence-electron chi connectivity index (χ4n) is 2.91. The van der Waals surface area contributed by atoms with Crippen LogP contribution < -0.4 is 5.32 Å². The summed E-state index contributed by atoms with van der Waals surface area (Å²) in [6.45, 7) is 3.43. The number of hydrogen-bond acceptors (Lipinski definition) is 3. The fourth-order valence-corrected chi connectivity index (χ4v) is 2.91. The Balaban J connectivity index is 1.60. The second kappa shape index (κ2) is 5.61. The number of nitrogens with one attached hydrogen (secondary N) is 1. The summed E-state index contributed by atoms with van der Waals surface area (Å²) in [6, 6.07) is 10.1. The second-order valence-corrected chi connectivity index (χ2v) is 5.39. The first kappa shape index (κ1) is 12.5. The van der Waals surface area contributed by atoms with Gasteiger partial charge >= 0.3 is 6.09 Å². The number of carbonyl (C=O) groups excluding carboxylic acids is 1. The molecule has 2 heterocycles. The molecule has 0 aromatic heterocycles. The minimum atomic E-state index is -0.167. The number of nitrogens with zero attached hydrogens (tertiary/aromatic N) is 1. The maximum Gasteiger partial charge on any atom is 0.410 e. The average Bonchev–Trinajstić information content (AvgIpc) is 2.82. The first-order chi connectivity index (χ1) is 9.33. The lowest BCUT2D eigenvalue weighted by atomic mass is 9.94. The van der Waals surface area contributed by atoms with E-state index in [9.17, 15) is 4.79 Å². The van der Waals surface area contributed by atoms with E-state index in [1.54, 1.807) is 0 Å². The molecule has 0 aliphatic carbocycles. The number of rotatable bonds is 3. The Morgan fingerprint density at radius 3 is 2.89 bits per heavy atom. The van der Waals surface area contributed by atoms with Crippen molar-refractivity contribution in [3.63, 3.8) is 0 Å². The van der Waals surface area contributed by atoms with Crippen molar-refractivity contribution in [1.82, 2.24) is 10.2 Å². The highest BCUT2D eigenvalue weighted by Gasteiger charge is 2.36. The molecule has 0 spiro atoms. The number of cyclic esters (lactones) is 1. The van der Waals surface area contributed by atoms with Gasteiger partial charge in [0, 0.05) is 19.0 Å². The number of carbonyl (C=O) groups is 1.